The Balaban J connectivity index is 2.53. The lowest BCUT2D eigenvalue weighted by Gasteiger charge is -2.23. The van der Waals surface area contributed by atoms with E-state index in [1.54, 1.807) is 0 Å². The molecule has 3 nitrogen and oxygen atoms in total. The summed E-state index contributed by atoms with van der Waals surface area (Å²) in [7, 11) is 2.01. The molecule has 0 aromatic heterocycles. The van der Waals surface area contributed by atoms with E-state index >= 15 is 0 Å². The van der Waals surface area contributed by atoms with Gasteiger partial charge in [0.25, 0.3) is 0 Å². The minimum Gasteiger partial charge on any atom is -0.395 e. The zero-order valence-electron chi connectivity index (χ0n) is 11.8. The van der Waals surface area contributed by atoms with Gasteiger partial charge in [0, 0.05) is 19.1 Å². The zero-order valence-corrected chi connectivity index (χ0v) is 11.8. The summed E-state index contributed by atoms with van der Waals surface area (Å²) < 4.78 is 0. The second-order valence-corrected chi connectivity index (χ2v) is 4.70. The number of hydrogen-bond donors (Lipinski definition) is 2. The van der Waals surface area contributed by atoms with Gasteiger partial charge >= 0.3 is 0 Å². The molecule has 1 aromatic carbocycles. The number of nitrogens with one attached hydrogen (secondary N) is 1. The molecule has 1 unspecified atom stereocenters. The fourth-order valence-electron chi connectivity index (χ4n) is 2.16. The first-order valence-corrected chi connectivity index (χ1v) is 6.78. The van der Waals surface area contributed by atoms with Crippen molar-refractivity contribution < 1.29 is 5.11 Å². The largest absolute Gasteiger partial charge is 0.395 e. The smallest absolute Gasteiger partial charge is 0.0558 e. The molecule has 0 amide bonds. The Morgan fingerprint density at radius 3 is 2.39 bits per heavy atom. The number of aryl methyl sites for hydroxylation is 1. The van der Waals surface area contributed by atoms with Crippen LogP contribution in [0.4, 0.5) is 0 Å². The van der Waals surface area contributed by atoms with E-state index in [4.69, 9.17) is 5.11 Å². The molecule has 0 aliphatic carbocycles. The molecule has 0 saturated heterocycles. The average molecular weight is 250 g/mol. The number of aliphatic hydroxyl groups is 1. The van der Waals surface area contributed by atoms with E-state index in [9.17, 15) is 0 Å². The second-order valence-electron chi connectivity index (χ2n) is 4.70. The van der Waals surface area contributed by atoms with Crippen LogP contribution in [0.3, 0.4) is 0 Å². The normalized spacial score (nSPS) is 12.9. The zero-order chi connectivity index (χ0) is 13.4. The Bertz CT molecular complexity index is 324. The van der Waals surface area contributed by atoms with Crippen LogP contribution in [0.5, 0.6) is 0 Å². The molecular weight excluding hydrogens is 224 g/mol. The van der Waals surface area contributed by atoms with Crippen LogP contribution in [0, 0.1) is 6.92 Å². The van der Waals surface area contributed by atoms with Gasteiger partial charge in [-0.05, 0) is 32.5 Å². The van der Waals surface area contributed by atoms with E-state index in [0.29, 0.717) is 6.04 Å². The highest BCUT2D eigenvalue weighted by molar-refractivity contribution is 5.24. The van der Waals surface area contributed by atoms with Gasteiger partial charge in [0.2, 0.25) is 0 Å². The standard InChI is InChI=1S/C15H26N2O/c1-4-17(11-12-18)10-9-15(16-3)14-7-5-13(2)6-8-14/h5-8,15-16,18H,4,9-12H2,1-3H3. The Kier molecular flexibility index (Phi) is 6.94. The third-order valence-electron chi connectivity index (χ3n) is 3.43. The number of likely N-dealkylation sites (N-methyl/N-ethyl adjacent to an activating group) is 1. The molecule has 1 aromatic rings. The van der Waals surface area contributed by atoms with Crippen molar-refractivity contribution in [2.75, 3.05) is 33.3 Å². The monoisotopic (exact) mass is 250 g/mol. The first kappa shape index (κ1) is 15.2. The quantitative estimate of drug-likeness (QED) is 0.740. The Morgan fingerprint density at radius 2 is 1.89 bits per heavy atom. The van der Waals surface area contributed by atoms with Gasteiger partial charge in [-0.2, -0.15) is 0 Å². The third-order valence-corrected chi connectivity index (χ3v) is 3.43. The van der Waals surface area contributed by atoms with Crippen molar-refractivity contribution in [2.45, 2.75) is 26.3 Å². The number of nitrogens with zero attached hydrogens (tertiary/aromatic N) is 1. The van der Waals surface area contributed by atoms with Gasteiger partial charge in [0.1, 0.15) is 0 Å². The van der Waals surface area contributed by atoms with Gasteiger partial charge in [-0.25, -0.2) is 0 Å². The Labute approximate surface area is 111 Å². The van der Waals surface area contributed by atoms with E-state index < -0.39 is 0 Å². The van der Waals surface area contributed by atoms with Crippen molar-refractivity contribution in [3.8, 4) is 0 Å². The first-order chi connectivity index (χ1) is 8.71. The first-order valence-electron chi connectivity index (χ1n) is 6.78. The van der Waals surface area contributed by atoms with Crippen LogP contribution in [0.1, 0.15) is 30.5 Å². The van der Waals surface area contributed by atoms with Crippen molar-refractivity contribution in [3.05, 3.63) is 35.4 Å². The molecule has 1 atom stereocenters. The van der Waals surface area contributed by atoms with Gasteiger partial charge in [-0.3, -0.25) is 0 Å². The molecule has 0 radical (unpaired) electrons. The summed E-state index contributed by atoms with van der Waals surface area (Å²) >= 11 is 0. The average Bonchev–Trinajstić information content (AvgIpc) is 2.40. The summed E-state index contributed by atoms with van der Waals surface area (Å²) in [6.07, 6.45) is 1.06. The van der Waals surface area contributed by atoms with Crippen molar-refractivity contribution in [3.63, 3.8) is 0 Å². The molecule has 102 valence electrons. The van der Waals surface area contributed by atoms with Gasteiger partial charge in [0.05, 0.1) is 6.61 Å². The van der Waals surface area contributed by atoms with Crippen LogP contribution in [0.25, 0.3) is 0 Å². The van der Waals surface area contributed by atoms with Gasteiger partial charge < -0.3 is 15.3 Å². The molecule has 0 heterocycles. The predicted octanol–water partition coefficient (Wildman–Crippen LogP) is 1.96. The van der Waals surface area contributed by atoms with Crippen LogP contribution >= 0.6 is 0 Å². The topological polar surface area (TPSA) is 35.5 Å². The molecule has 0 saturated carbocycles. The number of rotatable bonds is 8. The van der Waals surface area contributed by atoms with Crippen molar-refractivity contribution in [1.29, 1.82) is 0 Å². The lowest BCUT2D eigenvalue weighted by atomic mass is 10.0. The van der Waals surface area contributed by atoms with E-state index in [0.717, 1.165) is 26.1 Å². The Hall–Kier alpha value is -0.900. The molecular formula is C15H26N2O. The SMILES string of the molecule is CCN(CCO)CCC(NC)c1ccc(C)cc1. The maximum atomic E-state index is 8.98. The molecule has 18 heavy (non-hydrogen) atoms. The summed E-state index contributed by atoms with van der Waals surface area (Å²) in [6, 6.07) is 9.09. The summed E-state index contributed by atoms with van der Waals surface area (Å²) in [5, 5.41) is 12.4. The highest BCUT2D eigenvalue weighted by Crippen LogP contribution is 2.17. The van der Waals surface area contributed by atoms with E-state index in [2.05, 4.69) is 48.3 Å². The number of hydrogen-bond acceptors (Lipinski definition) is 3. The van der Waals surface area contributed by atoms with Crippen LogP contribution in [-0.2, 0) is 0 Å². The molecule has 0 aliphatic heterocycles. The number of aliphatic hydroxyl groups excluding tert-OH is 1. The highest BCUT2D eigenvalue weighted by Gasteiger charge is 2.10. The van der Waals surface area contributed by atoms with Crippen LogP contribution in [0.15, 0.2) is 24.3 Å². The maximum absolute atomic E-state index is 8.98. The van der Waals surface area contributed by atoms with Crippen molar-refractivity contribution in [2.24, 2.45) is 0 Å². The summed E-state index contributed by atoms with van der Waals surface area (Å²) in [6.45, 7) is 7.25. The molecule has 0 spiro atoms. The lowest BCUT2D eigenvalue weighted by Crippen LogP contribution is -2.30. The summed E-state index contributed by atoms with van der Waals surface area (Å²) in [5.74, 6) is 0. The summed E-state index contributed by atoms with van der Waals surface area (Å²) in [5.41, 5.74) is 2.63. The third kappa shape index (κ3) is 4.77. The van der Waals surface area contributed by atoms with Gasteiger partial charge in [0.15, 0.2) is 0 Å². The maximum Gasteiger partial charge on any atom is 0.0558 e. The van der Waals surface area contributed by atoms with Crippen LogP contribution < -0.4 is 5.32 Å². The minimum atomic E-state index is 0.239. The predicted molar refractivity (Wildman–Crippen MR) is 76.8 cm³/mol. The molecule has 3 heteroatoms. The molecule has 1 rings (SSSR count). The van der Waals surface area contributed by atoms with Gasteiger partial charge in [-0.15, -0.1) is 0 Å². The van der Waals surface area contributed by atoms with Crippen molar-refractivity contribution in [1.82, 2.24) is 10.2 Å². The minimum absolute atomic E-state index is 0.239. The van der Waals surface area contributed by atoms with Crippen LogP contribution in [0.2, 0.25) is 0 Å². The fourth-order valence-corrected chi connectivity index (χ4v) is 2.16. The van der Waals surface area contributed by atoms with Crippen LogP contribution in [-0.4, -0.2) is 43.3 Å². The highest BCUT2D eigenvalue weighted by atomic mass is 16.3. The van der Waals surface area contributed by atoms with Gasteiger partial charge in [-0.1, -0.05) is 36.8 Å². The van der Waals surface area contributed by atoms with Crippen molar-refractivity contribution >= 4 is 0 Å². The lowest BCUT2D eigenvalue weighted by molar-refractivity contribution is 0.196. The molecule has 0 bridgehead atoms. The van der Waals surface area contributed by atoms with E-state index in [1.807, 2.05) is 7.05 Å². The molecule has 2 N–H and O–H groups in total. The number of benzene rings is 1. The Morgan fingerprint density at radius 1 is 1.22 bits per heavy atom. The van der Waals surface area contributed by atoms with E-state index in [-0.39, 0.29) is 6.61 Å². The molecule has 0 aliphatic rings. The summed E-state index contributed by atoms with van der Waals surface area (Å²) in [4.78, 5) is 2.28. The fraction of sp³-hybridized carbons (Fsp3) is 0.600. The molecule has 0 fully saturated rings. The second kappa shape index (κ2) is 8.25. The van der Waals surface area contributed by atoms with E-state index in [1.165, 1.54) is 11.1 Å².